The van der Waals surface area contributed by atoms with E-state index in [0.717, 1.165) is 18.2 Å². The first-order valence-corrected chi connectivity index (χ1v) is 10.4. The van der Waals surface area contributed by atoms with Crippen LogP contribution in [-0.2, 0) is 18.8 Å². The van der Waals surface area contributed by atoms with Gasteiger partial charge in [-0.3, -0.25) is 4.98 Å². The van der Waals surface area contributed by atoms with Crippen LogP contribution in [0.2, 0.25) is 0 Å². The molecule has 0 aliphatic carbocycles. The van der Waals surface area contributed by atoms with Crippen LogP contribution in [0.5, 0.6) is 0 Å². The molecule has 0 fully saturated rings. The van der Waals surface area contributed by atoms with Crippen molar-refractivity contribution in [3.63, 3.8) is 0 Å². The molecule has 0 saturated carbocycles. The zero-order valence-corrected chi connectivity index (χ0v) is 19.2. The summed E-state index contributed by atoms with van der Waals surface area (Å²) in [5.74, 6) is 0.809. The van der Waals surface area contributed by atoms with Gasteiger partial charge in [0.25, 0.3) is 0 Å². The van der Waals surface area contributed by atoms with Gasteiger partial charge in [-0.2, -0.15) is 26.3 Å². The summed E-state index contributed by atoms with van der Waals surface area (Å²) in [6, 6.07) is 11.0. The van der Waals surface area contributed by atoms with Gasteiger partial charge in [0.1, 0.15) is 11.6 Å². The molecule has 2 aromatic carbocycles. The molecule has 12 heteroatoms. The van der Waals surface area contributed by atoms with Crippen LogP contribution in [0, 0.1) is 0 Å². The Morgan fingerprint density at radius 2 is 1.57 bits per heavy atom. The molecule has 35 heavy (non-hydrogen) atoms. The first-order chi connectivity index (χ1) is 16.1. The summed E-state index contributed by atoms with van der Waals surface area (Å²) in [7, 11) is 0. The number of halogens is 8. The predicted molar refractivity (Wildman–Crippen MR) is 124 cm³/mol. The Bertz CT molecular complexity index is 1320. The summed E-state index contributed by atoms with van der Waals surface area (Å²) in [4.78, 5) is 12.7. The first kappa shape index (κ1) is 26.5. The average molecular weight is 533 g/mol. The molecule has 4 rings (SSSR count). The molecule has 0 saturated heterocycles. The largest absolute Gasteiger partial charge is 0.418 e. The van der Waals surface area contributed by atoms with E-state index in [1.165, 1.54) is 42.6 Å². The summed E-state index contributed by atoms with van der Waals surface area (Å²) in [5.41, 5.74) is -1.04. The zero-order chi connectivity index (χ0) is 24.5. The van der Waals surface area contributed by atoms with Crippen LogP contribution in [0.3, 0.4) is 0 Å². The molecule has 2 heterocycles. The van der Waals surface area contributed by atoms with Gasteiger partial charge in [-0.25, -0.2) is 9.97 Å². The molecule has 184 valence electrons. The Labute approximate surface area is 206 Å². The Morgan fingerprint density at radius 1 is 0.857 bits per heavy atom. The van der Waals surface area contributed by atoms with Gasteiger partial charge in [-0.05, 0) is 48.5 Å². The number of aromatic nitrogens is 3. The number of aryl methyl sites for hydroxylation is 1. The first-order valence-electron chi connectivity index (χ1n) is 9.90. The third-order valence-electron chi connectivity index (χ3n) is 4.92. The SMILES string of the molecule is Cl.FC(F)(F)c1ccc(Nc2nc(CCCl)nc3cc(-c4ncccc4C(F)(F)F)ccc23)cc1. The number of benzene rings is 2. The number of anilines is 2. The van der Waals surface area contributed by atoms with Crippen molar-refractivity contribution in [2.75, 3.05) is 11.2 Å². The van der Waals surface area contributed by atoms with Gasteiger partial charge in [0.15, 0.2) is 0 Å². The van der Waals surface area contributed by atoms with Crippen molar-refractivity contribution < 1.29 is 26.3 Å². The van der Waals surface area contributed by atoms with Crippen LogP contribution in [0.1, 0.15) is 17.0 Å². The van der Waals surface area contributed by atoms with E-state index in [2.05, 4.69) is 20.3 Å². The second-order valence-corrected chi connectivity index (χ2v) is 7.63. The summed E-state index contributed by atoms with van der Waals surface area (Å²) in [6.07, 6.45) is -7.51. The van der Waals surface area contributed by atoms with E-state index in [1.54, 1.807) is 0 Å². The number of nitrogens with one attached hydrogen (secondary N) is 1. The summed E-state index contributed by atoms with van der Waals surface area (Å²) >= 11 is 5.82. The lowest BCUT2D eigenvalue weighted by atomic mass is 10.0. The minimum Gasteiger partial charge on any atom is -0.340 e. The van der Waals surface area contributed by atoms with E-state index in [4.69, 9.17) is 11.6 Å². The maximum absolute atomic E-state index is 13.5. The number of rotatable bonds is 5. The van der Waals surface area contributed by atoms with Gasteiger partial charge in [0.2, 0.25) is 0 Å². The van der Waals surface area contributed by atoms with Crippen LogP contribution < -0.4 is 5.32 Å². The molecule has 0 aliphatic rings. The Hall–Kier alpha value is -3.11. The van der Waals surface area contributed by atoms with E-state index in [-0.39, 0.29) is 41.8 Å². The minimum atomic E-state index is -4.59. The van der Waals surface area contributed by atoms with Gasteiger partial charge in [-0.15, -0.1) is 24.0 Å². The number of alkyl halides is 7. The summed E-state index contributed by atoms with van der Waals surface area (Å²) in [6.45, 7) is 0. The highest BCUT2D eigenvalue weighted by Crippen LogP contribution is 2.37. The van der Waals surface area contributed by atoms with Crippen molar-refractivity contribution in [2.45, 2.75) is 18.8 Å². The topological polar surface area (TPSA) is 50.7 Å². The van der Waals surface area contributed by atoms with Crippen molar-refractivity contribution in [1.82, 2.24) is 15.0 Å². The molecular formula is C23H16Cl2F6N4. The highest BCUT2D eigenvalue weighted by molar-refractivity contribution is 6.17. The fourth-order valence-corrected chi connectivity index (χ4v) is 3.53. The van der Waals surface area contributed by atoms with Gasteiger partial charge in [0.05, 0.1) is 22.3 Å². The van der Waals surface area contributed by atoms with E-state index in [9.17, 15) is 26.3 Å². The van der Waals surface area contributed by atoms with Crippen molar-refractivity contribution in [1.29, 1.82) is 0 Å². The molecule has 1 N–H and O–H groups in total. The van der Waals surface area contributed by atoms with E-state index >= 15 is 0 Å². The molecule has 0 aliphatic heterocycles. The third kappa shape index (κ3) is 5.94. The quantitative estimate of drug-likeness (QED) is 0.211. The zero-order valence-electron chi connectivity index (χ0n) is 17.6. The molecule has 0 atom stereocenters. The van der Waals surface area contributed by atoms with Gasteiger partial charge in [-0.1, -0.05) is 6.07 Å². The lowest BCUT2D eigenvalue weighted by Crippen LogP contribution is -2.08. The fraction of sp³-hybridized carbons (Fsp3) is 0.174. The number of hydrogen-bond acceptors (Lipinski definition) is 4. The van der Waals surface area contributed by atoms with Crippen LogP contribution in [0.4, 0.5) is 37.8 Å². The highest BCUT2D eigenvalue weighted by atomic mass is 35.5. The van der Waals surface area contributed by atoms with E-state index in [1.807, 2.05) is 0 Å². The van der Waals surface area contributed by atoms with Crippen molar-refractivity contribution in [2.24, 2.45) is 0 Å². The summed E-state index contributed by atoms with van der Waals surface area (Å²) < 4.78 is 78.9. The summed E-state index contributed by atoms with van der Waals surface area (Å²) in [5, 5.41) is 3.43. The number of hydrogen-bond donors (Lipinski definition) is 1. The van der Waals surface area contributed by atoms with Crippen LogP contribution >= 0.6 is 24.0 Å². The lowest BCUT2D eigenvalue weighted by Gasteiger charge is -2.14. The molecule has 2 aromatic heterocycles. The Balaban J connectivity index is 0.00000342. The van der Waals surface area contributed by atoms with Crippen molar-refractivity contribution in [3.8, 4) is 11.3 Å². The normalized spacial score (nSPS) is 11.9. The standard InChI is InChI=1S/C23H15ClF6N4.ClH/c24-10-9-19-33-18-12-13(20-17(23(28,29)30)2-1-11-31-20)3-8-16(18)21(34-19)32-15-6-4-14(5-7-15)22(25,26)27;/h1-8,11-12H,9-10H2,(H,32,33,34);1H. The van der Waals surface area contributed by atoms with Gasteiger partial charge in [0, 0.05) is 35.1 Å². The molecule has 0 radical (unpaired) electrons. The van der Waals surface area contributed by atoms with Crippen molar-refractivity contribution >= 4 is 46.4 Å². The number of nitrogens with zero attached hydrogens (tertiary/aromatic N) is 3. The third-order valence-corrected chi connectivity index (χ3v) is 5.11. The molecule has 4 nitrogen and oxygen atoms in total. The van der Waals surface area contributed by atoms with Gasteiger partial charge >= 0.3 is 12.4 Å². The van der Waals surface area contributed by atoms with E-state index in [0.29, 0.717) is 22.4 Å². The Morgan fingerprint density at radius 3 is 2.20 bits per heavy atom. The monoisotopic (exact) mass is 532 g/mol. The molecule has 4 aromatic rings. The molecule has 0 bridgehead atoms. The van der Waals surface area contributed by atoms with Crippen LogP contribution in [-0.4, -0.2) is 20.8 Å². The van der Waals surface area contributed by atoms with Gasteiger partial charge < -0.3 is 5.32 Å². The second-order valence-electron chi connectivity index (χ2n) is 7.26. The maximum Gasteiger partial charge on any atom is 0.418 e. The Kier molecular flexibility index (Phi) is 7.76. The van der Waals surface area contributed by atoms with E-state index < -0.39 is 23.5 Å². The smallest absolute Gasteiger partial charge is 0.340 e. The number of pyridine rings is 1. The fourth-order valence-electron chi connectivity index (χ4n) is 3.36. The van der Waals surface area contributed by atoms with Crippen molar-refractivity contribution in [3.05, 3.63) is 77.7 Å². The lowest BCUT2D eigenvalue weighted by molar-refractivity contribution is -0.138. The molecular weight excluding hydrogens is 517 g/mol. The highest BCUT2D eigenvalue weighted by Gasteiger charge is 2.34. The second kappa shape index (κ2) is 10.2. The predicted octanol–water partition coefficient (Wildman–Crippen LogP) is 7.68. The average Bonchev–Trinajstić information content (AvgIpc) is 2.78. The molecule has 0 unspecified atom stereocenters. The van der Waals surface area contributed by atoms with Crippen LogP contribution in [0.15, 0.2) is 60.8 Å². The molecule has 0 spiro atoms. The minimum absolute atomic E-state index is 0. The number of fused-ring (bicyclic) bond motifs is 1. The van der Waals surface area contributed by atoms with Crippen LogP contribution in [0.25, 0.3) is 22.2 Å². The molecule has 0 amide bonds. The maximum atomic E-state index is 13.5.